The summed E-state index contributed by atoms with van der Waals surface area (Å²) < 4.78 is 30.0. The summed E-state index contributed by atoms with van der Waals surface area (Å²) in [5.74, 6) is -1.62. The molecule has 1 aromatic heterocycles. The molecule has 31 heavy (non-hydrogen) atoms. The zero-order valence-corrected chi connectivity index (χ0v) is 17.1. The average Bonchev–Trinajstić information content (AvgIpc) is 3.22. The highest BCUT2D eigenvalue weighted by atomic mass is 32.1. The van der Waals surface area contributed by atoms with Gasteiger partial charge in [-0.2, -0.15) is 0 Å². The molecule has 7 heteroatoms. The molecular formula is C24H18F2N2O2S. The Hall–Kier alpha value is -3.58. The van der Waals surface area contributed by atoms with E-state index >= 15 is 4.39 Å². The van der Waals surface area contributed by atoms with E-state index in [2.05, 4.69) is 5.32 Å². The second-order valence-electron chi connectivity index (χ2n) is 6.99. The minimum atomic E-state index is -1.57. The van der Waals surface area contributed by atoms with Gasteiger partial charge in [0.05, 0.1) is 6.54 Å². The van der Waals surface area contributed by atoms with Gasteiger partial charge in [0.25, 0.3) is 5.91 Å². The molecule has 3 N–H and O–H groups in total. The molecular weight excluding hydrogens is 418 g/mol. The standard InChI is InChI=1S/C24H18F2N2O2S/c25-19-10-2-1-8-18(19)22(26)20-12-15-6-4-9-17(23(15)31-20)14-5-3-7-16(11-14)24(30)28-13-21(27)29/h1-12,22H,13H2,(H2,27,29)(H,28,30). The van der Waals surface area contributed by atoms with E-state index in [0.717, 1.165) is 21.2 Å². The summed E-state index contributed by atoms with van der Waals surface area (Å²) in [7, 11) is 0. The molecule has 4 nitrogen and oxygen atoms in total. The molecule has 0 aliphatic rings. The Bertz CT molecular complexity index is 1290. The maximum atomic E-state index is 15.1. The number of fused-ring (bicyclic) bond motifs is 1. The van der Waals surface area contributed by atoms with Crippen LogP contribution in [0.15, 0.2) is 72.8 Å². The van der Waals surface area contributed by atoms with E-state index in [1.54, 1.807) is 30.3 Å². The number of carbonyl (C=O) groups excluding carboxylic acids is 2. The van der Waals surface area contributed by atoms with E-state index in [1.807, 2.05) is 24.3 Å². The van der Waals surface area contributed by atoms with Gasteiger partial charge in [0.2, 0.25) is 5.91 Å². The first-order valence-corrected chi connectivity index (χ1v) is 10.3. The van der Waals surface area contributed by atoms with Gasteiger partial charge in [-0.3, -0.25) is 9.59 Å². The summed E-state index contributed by atoms with van der Waals surface area (Å²) in [5.41, 5.74) is 7.06. The van der Waals surface area contributed by atoms with Gasteiger partial charge in [0.1, 0.15) is 5.82 Å². The van der Waals surface area contributed by atoms with Crippen molar-refractivity contribution in [2.24, 2.45) is 5.73 Å². The second-order valence-corrected chi connectivity index (χ2v) is 8.07. The van der Waals surface area contributed by atoms with Gasteiger partial charge in [-0.1, -0.05) is 48.5 Å². The topological polar surface area (TPSA) is 72.2 Å². The highest BCUT2D eigenvalue weighted by molar-refractivity contribution is 7.19. The van der Waals surface area contributed by atoms with Crippen molar-refractivity contribution in [1.29, 1.82) is 0 Å². The first-order chi connectivity index (χ1) is 14.9. The number of amides is 2. The van der Waals surface area contributed by atoms with Crippen molar-refractivity contribution in [2.75, 3.05) is 6.54 Å². The molecule has 0 saturated carbocycles. The number of hydrogen-bond donors (Lipinski definition) is 2. The molecule has 0 aliphatic carbocycles. The van der Waals surface area contributed by atoms with Crippen molar-refractivity contribution in [3.63, 3.8) is 0 Å². The van der Waals surface area contributed by atoms with Crippen LogP contribution in [0.2, 0.25) is 0 Å². The summed E-state index contributed by atoms with van der Waals surface area (Å²) in [4.78, 5) is 23.6. The number of nitrogens with one attached hydrogen (secondary N) is 1. The molecule has 0 spiro atoms. The van der Waals surface area contributed by atoms with Gasteiger partial charge < -0.3 is 11.1 Å². The van der Waals surface area contributed by atoms with E-state index in [4.69, 9.17) is 5.73 Å². The number of rotatable bonds is 6. The van der Waals surface area contributed by atoms with Crippen LogP contribution >= 0.6 is 11.3 Å². The van der Waals surface area contributed by atoms with Crippen molar-refractivity contribution >= 4 is 33.2 Å². The van der Waals surface area contributed by atoms with Crippen LogP contribution in [-0.4, -0.2) is 18.4 Å². The fraction of sp³-hybridized carbons (Fsp3) is 0.0833. The third-order valence-electron chi connectivity index (χ3n) is 4.85. The summed E-state index contributed by atoms with van der Waals surface area (Å²) >= 11 is 1.26. The van der Waals surface area contributed by atoms with Gasteiger partial charge in [-0.05, 0) is 40.8 Å². The molecule has 3 aromatic carbocycles. The zero-order valence-electron chi connectivity index (χ0n) is 16.3. The van der Waals surface area contributed by atoms with Crippen LogP contribution in [0.1, 0.15) is 27.0 Å². The van der Waals surface area contributed by atoms with Crippen LogP contribution in [0.3, 0.4) is 0 Å². The lowest BCUT2D eigenvalue weighted by atomic mass is 10.0. The van der Waals surface area contributed by atoms with Gasteiger partial charge >= 0.3 is 0 Å². The Morgan fingerprint density at radius 3 is 2.55 bits per heavy atom. The maximum absolute atomic E-state index is 15.1. The molecule has 0 saturated heterocycles. The lowest BCUT2D eigenvalue weighted by Crippen LogP contribution is -2.33. The highest BCUT2D eigenvalue weighted by Crippen LogP contribution is 2.40. The average molecular weight is 436 g/mol. The fourth-order valence-corrected chi connectivity index (χ4v) is 4.56. The lowest BCUT2D eigenvalue weighted by molar-refractivity contribution is -0.117. The van der Waals surface area contributed by atoms with E-state index < -0.39 is 23.8 Å². The van der Waals surface area contributed by atoms with Crippen molar-refractivity contribution in [3.8, 4) is 11.1 Å². The predicted molar refractivity (Wildman–Crippen MR) is 118 cm³/mol. The molecule has 0 fully saturated rings. The number of halogens is 2. The molecule has 0 aliphatic heterocycles. The second kappa shape index (κ2) is 8.65. The molecule has 4 rings (SSSR count). The fourth-order valence-electron chi connectivity index (χ4n) is 3.37. The lowest BCUT2D eigenvalue weighted by Gasteiger charge is -2.08. The predicted octanol–water partition coefficient (Wildman–Crippen LogP) is 4.98. The smallest absolute Gasteiger partial charge is 0.251 e. The first-order valence-electron chi connectivity index (χ1n) is 9.52. The molecule has 4 aromatic rings. The molecule has 1 unspecified atom stereocenters. The number of carbonyl (C=O) groups is 2. The van der Waals surface area contributed by atoms with E-state index in [1.165, 1.54) is 29.5 Å². The van der Waals surface area contributed by atoms with Gasteiger partial charge in [0.15, 0.2) is 6.17 Å². The highest BCUT2D eigenvalue weighted by Gasteiger charge is 2.20. The Labute approximate surface area is 181 Å². The summed E-state index contributed by atoms with van der Waals surface area (Å²) in [5, 5.41) is 3.29. The molecule has 0 radical (unpaired) electrons. The Morgan fingerprint density at radius 2 is 1.77 bits per heavy atom. The third-order valence-corrected chi connectivity index (χ3v) is 6.07. The van der Waals surface area contributed by atoms with E-state index in [-0.39, 0.29) is 12.1 Å². The van der Waals surface area contributed by atoms with Gasteiger partial charge in [-0.15, -0.1) is 11.3 Å². The van der Waals surface area contributed by atoms with Crippen LogP contribution in [0.25, 0.3) is 21.2 Å². The molecule has 2 amide bonds. The molecule has 0 bridgehead atoms. The van der Waals surface area contributed by atoms with E-state index in [9.17, 15) is 14.0 Å². The third kappa shape index (κ3) is 4.32. The van der Waals surface area contributed by atoms with Crippen molar-refractivity contribution in [2.45, 2.75) is 6.17 Å². The number of thiophene rings is 1. The van der Waals surface area contributed by atoms with Crippen LogP contribution < -0.4 is 11.1 Å². The number of alkyl halides is 1. The number of nitrogens with two attached hydrogens (primary N) is 1. The Kier molecular flexibility index (Phi) is 5.77. The molecule has 156 valence electrons. The van der Waals surface area contributed by atoms with Crippen LogP contribution in [0.4, 0.5) is 8.78 Å². The van der Waals surface area contributed by atoms with Crippen molar-refractivity contribution in [1.82, 2.24) is 5.32 Å². The van der Waals surface area contributed by atoms with Crippen LogP contribution in [0, 0.1) is 5.82 Å². The number of primary amides is 1. The Morgan fingerprint density at radius 1 is 1.00 bits per heavy atom. The van der Waals surface area contributed by atoms with E-state index in [0.29, 0.717) is 10.4 Å². The quantitative estimate of drug-likeness (QED) is 0.447. The summed E-state index contributed by atoms with van der Waals surface area (Å²) in [6.07, 6.45) is -1.57. The van der Waals surface area contributed by atoms with Crippen LogP contribution in [0.5, 0.6) is 0 Å². The van der Waals surface area contributed by atoms with Gasteiger partial charge in [0, 0.05) is 20.7 Å². The van der Waals surface area contributed by atoms with Crippen LogP contribution in [-0.2, 0) is 4.79 Å². The van der Waals surface area contributed by atoms with Gasteiger partial charge in [-0.25, -0.2) is 8.78 Å². The van der Waals surface area contributed by atoms with Crippen molar-refractivity contribution < 1.29 is 18.4 Å². The SMILES string of the molecule is NC(=O)CNC(=O)c1cccc(-c2cccc3cc(C(F)c4ccccc4F)sc23)c1. The monoisotopic (exact) mass is 436 g/mol. The molecule has 1 atom stereocenters. The zero-order chi connectivity index (χ0) is 22.0. The normalized spacial score (nSPS) is 11.9. The summed E-state index contributed by atoms with van der Waals surface area (Å²) in [6.45, 7) is -0.249. The first kappa shape index (κ1) is 20.7. The van der Waals surface area contributed by atoms with Crippen molar-refractivity contribution in [3.05, 3.63) is 94.6 Å². The maximum Gasteiger partial charge on any atom is 0.251 e. The number of benzene rings is 3. The largest absolute Gasteiger partial charge is 0.368 e. The number of hydrogen-bond acceptors (Lipinski definition) is 3. The minimum Gasteiger partial charge on any atom is -0.368 e. The summed E-state index contributed by atoms with van der Waals surface area (Å²) in [6, 6.07) is 20.1. The Balaban J connectivity index is 1.71. The molecule has 1 heterocycles. The minimum absolute atomic E-state index is 0.00345.